The van der Waals surface area contributed by atoms with Crippen LogP contribution in [0.1, 0.15) is 17.9 Å². The van der Waals surface area contributed by atoms with Gasteiger partial charge in [-0.3, -0.25) is 4.98 Å². The average molecular weight is 550 g/mol. The van der Waals surface area contributed by atoms with Gasteiger partial charge in [-0.2, -0.15) is 0 Å². The van der Waals surface area contributed by atoms with Crippen molar-refractivity contribution in [2.45, 2.75) is 44.4 Å². The second-order valence-corrected chi connectivity index (χ2v) is 15.1. The van der Waals surface area contributed by atoms with Gasteiger partial charge in [-0.15, -0.1) is 6.58 Å². The molecule has 0 aliphatic rings. The van der Waals surface area contributed by atoms with Crippen LogP contribution >= 0.6 is 38.5 Å². The molecule has 0 aromatic carbocycles. The van der Waals surface area contributed by atoms with Crippen LogP contribution in [0.3, 0.4) is 0 Å². The lowest BCUT2D eigenvalue weighted by Gasteiger charge is -2.27. The quantitative estimate of drug-likeness (QED) is 0.212. The SMILES string of the molecule is C=CCC(O)(c1ccc(Br)cn1)c1nc(I)cn1COCC[Si](C)(C)C. The summed E-state index contributed by atoms with van der Waals surface area (Å²) in [7, 11) is -1.14. The second-order valence-electron chi connectivity index (χ2n) is 7.42. The number of hydrogen-bond acceptors (Lipinski definition) is 4. The van der Waals surface area contributed by atoms with E-state index in [4.69, 9.17) is 4.74 Å². The molecule has 0 saturated heterocycles. The van der Waals surface area contributed by atoms with Crippen LogP contribution < -0.4 is 0 Å². The Labute approximate surface area is 178 Å². The highest BCUT2D eigenvalue weighted by molar-refractivity contribution is 14.1. The Bertz CT molecular complexity index is 746. The van der Waals surface area contributed by atoms with Crippen LogP contribution in [-0.4, -0.2) is 34.3 Å². The van der Waals surface area contributed by atoms with Gasteiger partial charge in [0, 0.05) is 38.0 Å². The molecule has 1 unspecified atom stereocenters. The fourth-order valence-corrected chi connectivity index (χ4v) is 4.05. The molecule has 0 fully saturated rings. The summed E-state index contributed by atoms with van der Waals surface area (Å²) in [5.74, 6) is 0.518. The number of aliphatic hydroxyl groups is 1. The van der Waals surface area contributed by atoms with E-state index in [1.807, 2.05) is 16.8 Å². The molecule has 2 aromatic rings. The van der Waals surface area contributed by atoms with Crippen LogP contribution in [0.25, 0.3) is 0 Å². The topological polar surface area (TPSA) is 60.2 Å². The van der Waals surface area contributed by atoms with E-state index in [1.165, 1.54) is 0 Å². The van der Waals surface area contributed by atoms with Crippen molar-refractivity contribution in [1.29, 1.82) is 0 Å². The molecule has 142 valence electrons. The zero-order valence-electron chi connectivity index (χ0n) is 15.4. The van der Waals surface area contributed by atoms with E-state index in [0.717, 1.165) is 14.2 Å². The van der Waals surface area contributed by atoms with Crippen molar-refractivity contribution in [2.75, 3.05) is 6.61 Å². The van der Waals surface area contributed by atoms with Gasteiger partial charge < -0.3 is 14.4 Å². The largest absolute Gasteiger partial charge is 0.375 e. The van der Waals surface area contributed by atoms with Crippen LogP contribution in [0.2, 0.25) is 25.7 Å². The summed E-state index contributed by atoms with van der Waals surface area (Å²) in [5, 5.41) is 11.4. The minimum absolute atomic E-state index is 0.309. The minimum Gasteiger partial charge on any atom is -0.375 e. The lowest BCUT2D eigenvalue weighted by molar-refractivity contribution is 0.0422. The Balaban J connectivity index is 2.28. The van der Waals surface area contributed by atoms with Crippen LogP contribution in [0.5, 0.6) is 0 Å². The van der Waals surface area contributed by atoms with E-state index in [9.17, 15) is 5.11 Å². The Morgan fingerprint density at radius 1 is 1.42 bits per heavy atom. The molecule has 0 aliphatic carbocycles. The maximum absolute atomic E-state index is 11.4. The van der Waals surface area contributed by atoms with Gasteiger partial charge in [0.2, 0.25) is 0 Å². The van der Waals surface area contributed by atoms with Crippen molar-refractivity contribution >= 4 is 46.6 Å². The number of pyridine rings is 1. The highest BCUT2D eigenvalue weighted by Gasteiger charge is 2.37. The Morgan fingerprint density at radius 2 is 2.15 bits per heavy atom. The molecule has 0 spiro atoms. The summed E-state index contributed by atoms with van der Waals surface area (Å²) in [6.07, 6.45) is 5.55. The first-order chi connectivity index (χ1) is 12.2. The average Bonchev–Trinajstić information content (AvgIpc) is 2.93. The van der Waals surface area contributed by atoms with Crippen LogP contribution in [-0.2, 0) is 17.1 Å². The van der Waals surface area contributed by atoms with Gasteiger partial charge in [0.1, 0.15) is 10.4 Å². The summed E-state index contributed by atoms with van der Waals surface area (Å²) >= 11 is 5.53. The van der Waals surface area contributed by atoms with Gasteiger partial charge in [0.05, 0.1) is 5.69 Å². The number of halogens is 2. The van der Waals surface area contributed by atoms with E-state index >= 15 is 0 Å². The molecule has 0 bridgehead atoms. The first-order valence-corrected chi connectivity index (χ1v) is 14.0. The summed E-state index contributed by atoms with van der Waals surface area (Å²) in [6.45, 7) is 11.8. The maximum Gasteiger partial charge on any atom is 0.167 e. The number of rotatable bonds is 9. The van der Waals surface area contributed by atoms with Crippen molar-refractivity contribution in [2.24, 2.45) is 0 Å². The van der Waals surface area contributed by atoms with Gasteiger partial charge in [0.15, 0.2) is 11.4 Å². The molecule has 26 heavy (non-hydrogen) atoms. The van der Waals surface area contributed by atoms with Crippen molar-refractivity contribution in [3.8, 4) is 0 Å². The monoisotopic (exact) mass is 549 g/mol. The van der Waals surface area contributed by atoms with E-state index in [1.54, 1.807) is 18.3 Å². The molecule has 8 heteroatoms. The number of ether oxygens (including phenoxy) is 1. The zero-order chi connectivity index (χ0) is 19.4. The third kappa shape index (κ3) is 5.72. The maximum atomic E-state index is 11.4. The molecule has 2 rings (SSSR count). The molecular formula is C18H25BrIN3O2Si. The molecule has 2 aromatic heterocycles. The number of aromatic nitrogens is 3. The first-order valence-electron chi connectivity index (χ1n) is 8.42. The molecule has 2 heterocycles. The van der Waals surface area contributed by atoms with Crippen LogP contribution in [0, 0.1) is 3.70 Å². The normalized spacial score (nSPS) is 14.2. The fraction of sp³-hybridized carbons (Fsp3) is 0.444. The lowest BCUT2D eigenvalue weighted by atomic mass is 9.93. The highest BCUT2D eigenvalue weighted by atomic mass is 127. The molecule has 5 nitrogen and oxygen atoms in total. The van der Waals surface area contributed by atoms with Gasteiger partial charge in [-0.05, 0) is 56.7 Å². The summed E-state index contributed by atoms with van der Waals surface area (Å²) in [6, 6.07) is 4.75. The third-order valence-corrected chi connectivity index (χ3v) is 6.63. The number of hydrogen-bond donors (Lipinski definition) is 1. The fourth-order valence-electron chi connectivity index (χ4n) is 2.49. The van der Waals surface area contributed by atoms with E-state index in [2.05, 4.69) is 74.7 Å². The summed E-state index contributed by atoms with van der Waals surface area (Å²) in [4.78, 5) is 8.95. The predicted molar refractivity (Wildman–Crippen MR) is 119 cm³/mol. The first kappa shape index (κ1) is 21.7. The van der Waals surface area contributed by atoms with Gasteiger partial charge in [-0.25, -0.2) is 4.98 Å². The Hall–Kier alpha value is -0.553. The molecule has 1 N–H and O–H groups in total. The lowest BCUT2D eigenvalue weighted by Crippen LogP contribution is -2.32. The van der Waals surface area contributed by atoms with Crippen LogP contribution in [0.15, 0.2) is 41.7 Å². The molecule has 0 saturated carbocycles. The van der Waals surface area contributed by atoms with E-state index < -0.39 is 13.7 Å². The third-order valence-electron chi connectivity index (χ3n) is 3.93. The van der Waals surface area contributed by atoms with Gasteiger partial charge >= 0.3 is 0 Å². The van der Waals surface area contributed by atoms with Crippen molar-refractivity contribution < 1.29 is 9.84 Å². The predicted octanol–water partition coefficient (Wildman–Crippen LogP) is 4.77. The molecule has 0 aliphatic heterocycles. The Morgan fingerprint density at radius 3 is 2.73 bits per heavy atom. The molecular weight excluding hydrogens is 525 g/mol. The minimum atomic E-state index is -1.35. The van der Waals surface area contributed by atoms with E-state index in [-0.39, 0.29) is 0 Å². The Kier molecular flexibility index (Phi) is 7.60. The molecule has 0 radical (unpaired) electrons. The second kappa shape index (κ2) is 9.09. The molecule has 0 amide bonds. The summed E-state index contributed by atoms with van der Waals surface area (Å²) in [5.41, 5.74) is -0.820. The van der Waals surface area contributed by atoms with Crippen molar-refractivity contribution in [1.82, 2.24) is 14.5 Å². The number of nitrogens with zero attached hydrogens (tertiary/aromatic N) is 3. The van der Waals surface area contributed by atoms with Crippen molar-refractivity contribution in [3.05, 3.63) is 56.9 Å². The summed E-state index contributed by atoms with van der Waals surface area (Å²) < 4.78 is 9.38. The van der Waals surface area contributed by atoms with Crippen molar-refractivity contribution in [3.63, 3.8) is 0 Å². The van der Waals surface area contributed by atoms with E-state index in [0.29, 0.717) is 31.3 Å². The number of imidazole rings is 1. The smallest absolute Gasteiger partial charge is 0.167 e. The van der Waals surface area contributed by atoms with Crippen LogP contribution in [0.4, 0.5) is 0 Å². The standard InChI is InChI=1S/C18H25BrIN3O2Si/c1-5-8-18(24,15-7-6-14(19)11-21-15)17-22-16(20)12-23(17)13-25-9-10-26(2,3)4/h5-7,11-12,24H,1,8-10,13H2,2-4H3. The molecule has 1 atom stereocenters. The zero-order valence-corrected chi connectivity index (χ0v) is 20.1. The highest BCUT2D eigenvalue weighted by Crippen LogP contribution is 2.32. The van der Waals surface area contributed by atoms with Gasteiger partial charge in [-0.1, -0.05) is 25.7 Å². The van der Waals surface area contributed by atoms with Gasteiger partial charge in [0.25, 0.3) is 0 Å².